The molecule has 0 rings (SSSR count). The van der Waals surface area contributed by atoms with Gasteiger partial charge < -0.3 is 9.64 Å². The molecule has 0 aromatic carbocycles. The predicted molar refractivity (Wildman–Crippen MR) is 48.9 cm³/mol. The summed E-state index contributed by atoms with van der Waals surface area (Å²) in [7, 11) is 3.87. The Labute approximate surface area is 74.0 Å². The van der Waals surface area contributed by atoms with Crippen molar-refractivity contribution in [1.29, 1.82) is 0 Å². The molecule has 0 saturated heterocycles. The van der Waals surface area contributed by atoms with Crippen LogP contribution in [0.15, 0.2) is 12.2 Å². The first kappa shape index (κ1) is 11.2. The van der Waals surface area contributed by atoms with Crippen molar-refractivity contribution in [3.05, 3.63) is 12.2 Å². The van der Waals surface area contributed by atoms with Crippen molar-refractivity contribution in [2.24, 2.45) is 0 Å². The van der Waals surface area contributed by atoms with Crippen molar-refractivity contribution < 1.29 is 9.53 Å². The summed E-state index contributed by atoms with van der Waals surface area (Å²) in [5.74, 6) is -0.315. The summed E-state index contributed by atoms with van der Waals surface area (Å²) in [6.07, 6.45) is -0.0794. The zero-order valence-corrected chi connectivity index (χ0v) is 8.26. The van der Waals surface area contributed by atoms with Gasteiger partial charge in [-0.3, -0.25) is 0 Å². The quantitative estimate of drug-likeness (QED) is 0.468. The molecular formula is C9H17NO2. The topological polar surface area (TPSA) is 29.5 Å². The Morgan fingerprint density at radius 1 is 1.58 bits per heavy atom. The Morgan fingerprint density at radius 2 is 2.08 bits per heavy atom. The zero-order chi connectivity index (χ0) is 9.72. The lowest BCUT2D eigenvalue weighted by Crippen LogP contribution is -2.28. The lowest BCUT2D eigenvalue weighted by molar-refractivity contribution is -0.143. The lowest BCUT2D eigenvalue weighted by atomic mass is 10.3. The van der Waals surface area contributed by atoms with Crippen LogP contribution in [-0.2, 0) is 9.53 Å². The molecule has 0 aliphatic rings. The fourth-order valence-electron chi connectivity index (χ4n) is 0.835. The van der Waals surface area contributed by atoms with Gasteiger partial charge in [0.2, 0.25) is 0 Å². The summed E-state index contributed by atoms with van der Waals surface area (Å²) in [4.78, 5) is 13.0. The summed E-state index contributed by atoms with van der Waals surface area (Å²) in [6, 6.07) is 0. The number of likely N-dealkylation sites (N-methyl/N-ethyl adjacent to an activating group) is 1. The minimum absolute atomic E-state index is 0.0794. The molecule has 0 spiro atoms. The van der Waals surface area contributed by atoms with E-state index in [-0.39, 0.29) is 12.1 Å². The number of carbonyl (C=O) groups excluding carboxylic acids is 1. The minimum Gasteiger partial charge on any atom is -0.458 e. The van der Waals surface area contributed by atoms with Crippen LogP contribution >= 0.6 is 0 Å². The highest BCUT2D eigenvalue weighted by Crippen LogP contribution is 1.98. The van der Waals surface area contributed by atoms with E-state index in [1.807, 2.05) is 25.9 Å². The molecule has 0 heterocycles. The zero-order valence-electron chi connectivity index (χ0n) is 8.26. The highest BCUT2D eigenvalue weighted by atomic mass is 16.5. The molecule has 0 aliphatic carbocycles. The highest BCUT2D eigenvalue weighted by molar-refractivity contribution is 5.87. The molecule has 3 heteroatoms. The smallest absolute Gasteiger partial charge is 0.333 e. The van der Waals surface area contributed by atoms with Gasteiger partial charge in [0.25, 0.3) is 0 Å². The van der Waals surface area contributed by atoms with Crippen LogP contribution in [0.5, 0.6) is 0 Å². The molecule has 0 saturated carbocycles. The molecule has 3 nitrogen and oxygen atoms in total. The highest BCUT2D eigenvalue weighted by Gasteiger charge is 2.09. The largest absolute Gasteiger partial charge is 0.458 e. The van der Waals surface area contributed by atoms with Gasteiger partial charge >= 0.3 is 5.97 Å². The van der Waals surface area contributed by atoms with Gasteiger partial charge in [-0.1, -0.05) is 6.58 Å². The van der Waals surface area contributed by atoms with Crippen LogP contribution in [0, 0.1) is 0 Å². The van der Waals surface area contributed by atoms with Gasteiger partial charge in [-0.05, 0) is 27.9 Å². The maximum absolute atomic E-state index is 11.0. The van der Waals surface area contributed by atoms with Crippen molar-refractivity contribution in [3.63, 3.8) is 0 Å². The monoisotopic (exact) mass is 171 g/mol. The molecule has 0 radical (unpaired) electrons. The van der Waals surface area contributed by atoms with E-state index < -0.39 is 0 Å². The number of ether oxygens (including phenoxy) is 1. The third-order valence-electron chi connectivity index (χ3n) is 1.28. The second kappa shape index (κ2) is 4.93. The van der Waals surface area contributed by atoms with Crippen LogP contribution in [-0.4, -0.2) is 37.6 Å². The third-order valence-corrected chi connectivity index (χ3v) is 1.28. The Hall–Kier alpha value is -0.830. The Kier molecular flexibility index (Phi) is 4.59. The number of hydrogen-bond donors (Lipinski definition) is 0. The second-order valence-corrected chi connectivity index (χ2v) is 3.26. The average molecular weight is 171 g/mol. The van der Waals surface area contributed by atoms with E-state index in [0.717, 1.165) is 6.54 Å². The van der Waals surface area contributed by atoms with Crippen LogP contribution in [0.1, 0.15) is 13.8 Å². The van der Waals surface area contributed by atoms with Crippen LogP contribution in [0.4, 0.5) is 0 Å². The van der Waals surface area contributed by atoms with E-state index in [4.69, 9.17) is 4.74 Å². The fourth-order valence-corrected chi connectivity index (χ4v) is 0.835. The Bertz CT molecular complexity index is 175. The summed E-state index contributed by atoms with van der Waals surface area (Å²) < 4.78 is 5.04. The number of rotatable bonds is 4. The molecule has 0 bridgehead atoms. The molecule has 70 valence electrons. The van der Waals surface area contributed by atoms with E-state index in [1.54, 1.807) is 6.92 Å². The van der Waals surface area contributed by atoms with Gasteiger partial charge in [-0.25, -0.2) is 4.79 Å². The normalized spacial score (nSPS) is 12.8. The van der Waals surface area contributed by atoms with E-state index in [2.05, 4.69) is 6.58 Å². The fraction of sp³-hybridized carbons (Fsp3) is 0.667. The summed E-state index contributed by atoms with van der Waals surface area (Å²) >= 11 is 0. The predicted octanol–water partition coefficient (Wildman–Crippen LogP) is 1.06. The van der Waals surface area contributed by atoms with Gasteiger partial charge in [0.05, 0.1) is 0 Å². The van der Waals surface area contributed by atoms with Crippen molar-refractivity contribution in [2.45, 2.75) is 20.0 Å². The van der Waals surface area contributed by atoms with E-state index in [1.165, 1.54) is 0 Å². The van der Waals surface area contributed by atoms with Crippen LogP contribution in [0.2, 0.25) is 0 Å². The number of nitrogens with zero attached hydrogens (tertiary/aromatic N) is 1. The van der Waals surface area contributed by atoms with E-state index in [0.29, 0.717) is 5.57 Å². The molecule has 1 unspecified atom stereocenters. The number of hydrogen-bond acceptors (Lipinski definition) is 3. The second-order valence-electron chi connectivity index (χ2n) is 3.26. The van der Waals surface area contributed by atoms with Gasteiger partial charge in [-0.2, -0.15) is 0 Å². The standard InChI is InChI=1S/C9H17NO2/c1-7(2)9(11)12-8(3)6-10(4)5/h8H,1,6H2,2-5H3. The van der Waals surface area contributed by atoms with Crippen molar-refractivity contribution in [1.82, 2.24) is 4.90 Å². The van der Waals surface area contributed by atoms with Gasteiger partial charge in [-0.15, -0.1) is 0 Å². The Balaban J connectivity index is 3.76. The maximum Gasteiger partial charge on any atom is 0.333 e. The number of carbonyl (C=O) groups is 1. The molecule has 0 fully saturated rings. The lowest BCUT2D eigenvalue weighted by Gasteiger charge is -2.17. The molecule has 1 atom stereocenters. The first-order valence-corrected chi connectivity index (χ1v) is 3.94. The molecule has 0 aromatic rings. The summed E-state index contributed by atoms with van der Waals surface area (Å²) in [5.41, 5.74) is 0.445. The SMILES string of the molecule is C=C(C)C(=O)OC(C)CN(C)C. The van der Waals surface area contributed by atoms with Crippen LogP contribution in [0.3, 0.4) is 0 Å². The molecule has 0 N–H and O–H groups in total. The molecular weight excluding hydrogens is 154 g/mol. The van der Waals surface area contributed by atoms with Gasteiger partial charge in [0, 0.05) is 12.1 Å². The summed E-state index contributed by atoms with van der Waals surface area (Å²) in [6.45, 7) is 7.74. The average Bonchev–Trinajstić information content (AvgIpc) is 1.84. The molecule has 0 aliphatic heterocycles. The van der Waals surface area contributed by atoms with Crippen molar-refractivity contribution in [2.75, 3.05) is 20.6 Å². The first-order valence-electron chi connectivity index (χ1n) is 3.94. The van der Waals surface area contributed by atoms with Gasteiger partial charge in [0.15, 0.2) is 0 Å². The van der Waals surface area contributed by atoms with Gasteiger partial charge in [0.1, 0.15) is 6.10 Å². The molecule has 0 amide bonds. The third kappa shape index (κ3) is 4.91. The molecule has 0 aromatic heterocycles. The van der Waals surface area contributed by atoms with E-state index >= 15 is 0 Å². The van der Waals surface area contributed by atoms with Crippen molar-refractivity contribution in [3.8, 4) is 0 Å². The number of esters is 1. The van der Waals surface area contributed by atoms with E-state index in [9.17, 15) is 4.79 Å². The van der Waals surface area contributed by atoms with Crippen LogP contribution < -0.4 is 0 Å². The minimum atomic E-state index is -0.315. The van der Waals surface area contributed by atoms with Crippen molar-refractivity contribution >= 4 is 5.97 Å². The first-order chi connectivity index (χ1) is 5.43. The maximum atomic E-state index is 11.0. The van der Waals surface area contributed by atoms with Crippen LogP contribution in [0.25, 0.3) is 0 Å². The Morgan fingerprint density at radius 3 is 2.42 bits per heavy atom. The summed E-state index contributed by atoms with van der Waals surface area (Å²) in [5, 5.41) is 0. The molecule has 12 heavy (non-hydrogen) atoms.